The fraction of sp³-hybridized carbons (Fsp3) is 0.364. The molecule has 0 atom stereocenters. The van der Waals surface area contributed by atoms with Crippen LogP contribution in [0.1, 0.15) is 13.3 Å². The molecule has 0 saturated carbocycles. The smallest absolute Gasteiger partial charge is 0.239 e. The summed E-state index contributed by atoms with van der Waals surface area (Å²) in [7, 11) is 0. The summed E-state index contributed by atoms with van der Waals surface area (Å²) in [6.45, 7) is 2.60. The number of ether oxygens (including phenoxy) is 1. The highest BCUT2D eigenvalue weighted by Gasteiger charge is 2.07. The Morgan fingerprint density at radius 2 is 2.25 bits per heavy atom. The van der Waals surface area contributed by atoms with Crippen molar-refractivity contribution in [2.75, 3.05) is 17.8 Å². The van der Waals surface area contributed by atoms with Crippen LogP contribution in [0.4, 0.5) is 5.69 Å². The lowest BCUT2D eigenvalue weighted by molar-refractivity contribution is -0.113. The van der Waals surface area contributed by atoms with Crippen molar-refractivity contribution in [3.8, 4) is 5.75 Å². The Hall–Kier alpha value is -0.930. The molecule has 1 amide bonds. The van der Waals surface area contributed by atoms with E-state index in [4.69, 9.17) is 27.9 Å². The number of nitrogens with one attached hydrogen (secondary N) is 1. The van der Waals surface area contributed by atoms with Gasteiger partial charge in [0.1, 0.15) is 11.6 Å². The third-order valence-electron chi connectivity index (χ3n) is 1.80. The molecule has 0 spiro atoms. The Morgan fingerprint density at radius 1 is 1.50 bits per heavy atom. The molecule has 88 valence electrons. The lowest BCUT2D eigenvalue weighted by Gasteiger charge is -2.11. The molecule has 1 rings (SSSR count). The average molecular weight is 262 g/mol. The maximum atomic E-state index is 11.2. The van der Waals surface area contributed by atoms with Crippen LogP contribution in [-0.4, -0.2) is 18.4 Å². The van der Waals surface area contributed by atoms with Gasteiger partial charge in [-0.05, 0) is 24.6 Å². The number of hydrogen-bond donors (Lipinski definition) is 1. The first-order valence-electron chi connectivity index (χ1n) is 4.95. The van der Waals surface area contributed by atoms with Gasteiger partial charge in [-0.25, -0.2) is 0 Å². The Morgan fingerprint density at radius 3 is 2.88 bits per heavy atom. The zero-order valence-electron chi connectivity index (χ0n) is 8.93. The van der Waals surface area contributed by atoms with Crippen LogP contribution in [0.3, 0.4) is 0 Å². The number of amides is 1. The Balaban J connectivity index is 2.84. The minimum Gasteiger partial charge on any atom is -0.491 e. The maximum absolute atomic E-state index is 11.2. The molecule has 16 heavy (non-hydrogen) atoms. The van der Waals surface area contributed by atoms with Gasteiger partial charge in [0.05, 0.1) is 12.3 Å². The van der Waals surface area contributed by atoms with Crippen molar-refractivity contribution < 1.29 is 9.53 Å². The van der Waals surface area contributed by atoms with E-state index in [9.17, 15) is 4.79 Å². The summed E-state index contributed by atoms with van der Waals surface area (Å²) in [5.41, 5.74) is 0.548. The molecule has 0 bridgehead atoms. The Labute approximate surface area is 105 Å². The Kier molecular flexibility index (Phi) is 5.43. The highest BCUT2D eigenvalue weighted by atomic mass is 35.5. The van der Waals surface area contributed by atoms with Gasteiger partial charge in [-0.1, -0.05) is 18.5 Å². The first-order chi connectivity index (χ1) is 7.67. The van der Waals surface area contributed by atoms with Gasteiger partial charge >= 0.3 is 0 Å². The number of halogens is 2. The molecular weight excluding hydrogens is 249 g/mol. The van der Waals surface area contributed by atoms with Crippen molar-refractivity contribution in [2.45, 2.75) is 13.3 Å². The summed E-state index contributed by atoms with van der Waals surface area (Å²) in [6, 6.07) is 5.07. The van der Waals surface area contributed by atoms with Crippen molar-refractivity contribution >= 4 is 34.8 Å². The molecule has 1 aromatic rings. The molecular formula is C11H13Cl2NO2. The topological polar surface area (TPSA) is 38.3 Å². The molecule has 0 radical (unpaired) electrons. The van der Waals surface area contributed by atoms with Gasteiger partial charge in [-0.15, -0.1) is 11.6 Å². The fourth-order valence-electron chi connectivity index (χ4n) is 1.12. The van der Waals surface area contributed by atoms with Gasteiger partial charge in [-0.2, -0.15) is 0 Å². The minimum atomic E-state index is -0.287. The van der Waals surface area contributed by atoms with E-state index >= 15 is 0 Å². The zero-order chi connectivity index (χ0) is 12.0. The van der Waals surface area contributed by atoms with E-state index in [-0.39, 0.29) is 11.8 Å². The van der Waals surface area contributed by atoms with Gasteiger partial charge in [0.15, 0.2) is 0 Å². The number of rotatable bonds is 5. The van der Waals surface area contributed by atoms with Crippen LogP contribution in [0.25, 0.3) is 0 Å². The number of anilines is 1. The predicted molar refractivity (Wildman–Crippen MR) is 66.6 cm³/mol. The molecule has 0 aliphatic rings. The second-order valence-corrected chi connectivity index (χ2v) is 3.87. The minimum absolute atomic E-state index is 0.0975. The summed E-state index contributed by atoms with van der Waals surface area (Å²) >= 11 is 11.3. The highest BCUT2D eigenvalue weighted by Crippen LogP contribution is 2.28. The van der Waals surface area contributed by atoms with E-state index in [0.29, 0.717) is 23.1 Å². The van der Waals surface area contributed by atoms with Crippen LogP contribution >= 0.6 is 23.2 Å². The van der Waals surface area contributed by atoms with Gasteiger partial charge in [-0.3, -0.25) is 4.79 Å². The zero-order valence-corrected chi connectivity index (χ0v) is 10.4. The van der Waals surface area contributed by atoms with Crippen LogP contribution in [-0.2, 0) is 4.79 Å². The van der Waals surface area contributed by atoms with E-state index in [1.165, 1.54) is 0 Å². The highest BCUT2D eigenvalue weighted by molar-refractivity contribution is 6.31. The summed E-state index contributed by atoms with van der Waals surface area (Å²) in [5.74, 6) is 0.217. The molecule has 0 fully saturated rings. The van der Waals surface area contributed by atoms with Gasteiger partial charge in [0, 0.05) is 5.02 Å². The molecule has 0 aliphatic carbocycles. The number of carbonyl (C=O) groups is 1. The van der Waals surface area contributed by atoms with E-state index < -0.39 is 0 Å². The SMILES string of the molecule is CCCOc1ccc(Cl)cc1NC(=O)CCl. The predicted octanol–water partition coefficient (Wildman–Crippen LogP) is 3.31. The van der Waals surface area contributed by atoms with Gasteiger partial charge in [0.25, 0.3) is 0 Å². The van der Waals surface area contributed by atoms with Crippen LogP contribution < -0.4 is 10.1 Å². The third kappa shape index (κ3) is 3.91. The maximum Gasteiger partial charge on any atom is 0.239 e. The number of alkyl halides is 1. The largest absolute Gasteiger partial charge is 0.491 e. The van der Waals surface area contributed by atoms with Crippen LogP contribution in [0.5, 0.6) is 5.75 Å². The molecule has 1 N–H and O–H groups in total. The monoisotopic (exact) mass is 261 g/mol. The quantitative estimate of drug-likeness (QED) is 0.827. The number of benzene rings is 1. The van der Waals surface area contributed by atoms with E-state index in [0.717, 1.165) is 6.42 Å². The second kappa shape index (κ2) is 6.61. The van der Waals surface area contributed by atoms with Crippen molar-refractivity contribution in [1.82, 2.24) is 0 Å². The van der Waals surface area contributed by atoms with Gasteiger partial charge in [0.2, 0.25) is 5.91 Å². The Bertz CT molecular complexity index is 369. The second-order valence-electron chi connectivity index (χ2n) is 3.17. The van der Waals surface area contributed by atoms with Crippen molar-refractivity contribution in [3.05, 3.63) is 23.2 Å². The molecule has 0 heterocycles. The van der Waals surface area contributed by atoms with Crippen molar-refractivity contribution in [1.29, 1.82) is 0 Å². The number of carbonyl (C=O) groups excluding carboxylic acids is 1. The summed E-state index contributed by atoms with van der Waals surface area (Å²) in [6.07, 6.45) is 0.894. The van der Waals surface area contributed by atoms with Crippen molar-refractivity contribution in [3.63, 3.8) is 0 Å². The summed E-state index contributed by atoms with van der Waals surface area (Å²) in [5, 5.41) is 3.17. The molecule has 3 nitrogen and oxygen atoms in total. The molecule has 0 aliphatic heterocycles. The summed E-state index contributed by atoms with van der Waals surface area (Å²) in [4.78, 5) is 11.2. The van der Waals surface area contributed by atoms with Crippen molar-refractivity contribution in [2.24, 2.45) is 0 Å². The first-order valence-corrected chi connectivity index (χ1v) is 5.86. The van der Waals surface area contributed by atoms with Crippen LogP contribution in [0, 0.1) is 0 Å². The standard InChI is InChI=1S/C11H13Cl2NO2/c1-2-5-16-10-4-3-8(13)6-9(10)14-11(15)7-12/h3-4,6H,2,5,7H2,1H3,(H,14,15). The molecule has 0 aromatic heterocycles. The lowest BCUT2D eigenvalue weighted by Crippen LogP contribution is -2.13. The summed E-state index contributed by atoms with van der Waals surface area (Å²) < 4.78 is 5.47. The van der Waals surface area contributed by atoms with E-state index in [1.807, 2.05) is 6.92 Å². The van der Waals surface area contributed by atoms with E-state index in [1.54, 1.807) is 18.2 Å². The molecule has 5 heteroatoms. The normalized spacial score (nSPS) is 9.94. The molecule has 1 aromatic carbocycles. The third-order valence-corrected chi connectivity index (χ3v) is 2.28. The number of hydrogen-bond acceptors (Lipinski definition) is 2. The molecule has 0 saturated heterocycles. The van der Waals surface area contributed by atoms with Crippen LogP contribution in [0.15, 0.2) is 18.2 Å². The first kappa shape index (κ1) is 13.1. The lowest BCUT2D eigenvalue weighted by atomic mass is 10.3. The van der Waals surface area contributed by atoms with Gasteiger partial charge < -0.3 is 10.1 Å². The average Bonchev–Trinajstić information content (AvgIpc) is 2.28. The van der Waals surface area contributed by atoms with E-state index in [2.05, 4.69) is 5.32 Å². The molecule has 0 unspecified atom stereocenters. The van der Waals surface area contributed by atoms with Crippen LogP contribution in [0.2, 0.25) is 5.02 Å². The fourth-order valence-corrected chi connectivity index (χ4v) is 1.36.